The molecule has 0 spiro atoms. The van der Waals surface area contributed by atoms with Crippen molar-refractivity contribution in [3.05, 3.63) is 58.1 Å². The molecule has 2 N–H and O–H groups in total. The molecule has 1 nitrogen and oxygen atoms in total. The molecule has 0 saturated heterocycles. The Morgan fingerprint density at radius 1 is 1.15 bits per heavy atom. The van der Waals surface area contributed by atoms with E-state index < -0.39 is 11.6 Å². The SMILES string of the molecule is CC(N)Cc1cc(Br)ccc1Sc1cc(F)ccc1F. The first-order valence-corrected chi connectivity index (χ1v) is 7.73. The van der Waals surface area contributed by atoms with E-state index in [1.807, 2.05) is 25.1 Å². The zero-order valence-corrected chi connectivity index (χ0v) is 13.3. The number of halogens is 3. The molecular formula is C15H14BrF2NS. The molecule has 0 saturated carbocycles. The van der Waals surface area contributed by atoms with Gasteiger partial charge in [0.05, 0.1) is 4.90 Å². The van der Waals surface area contributed by atoms with Crippen molar-refractivity contribution in [2.45, 2.75) is 29.2 Å². The first kappa shape index (κ1) is 15.5. The number of nitrogens with two attached hydrogens (primary N) is 1. The van der Waals surface area contributed by atoms with Crippen LogP contribution in [-0.2, 0) is 6.42 Å². The molecule has 5 heteroatoms. The van der Waals surface area contributed by atoms with Crippen LogP contribution in [0.4, 0.5) is 8.78 Å². The monoisotopic (exact) mass is 357 g/mol. The summed E-state index contributed by atoms with van der Waals surface area (Å²) >= 11 is 4.63. The minimum atomic E-state index is -0.445. The molecule has 0 fully saturated rings. The van der Waals surface area contributed by atoms with E-state index in [9.17, 15) is 8.78 Å². The first-order chi connectivity index (χ1) is 9.45. The Labute approximate surface area is 129 Å². The van der Waals surface area contributed by atoms with Crippen LogP contribution in [0.25, 0.3) is 0 Å². The first-order valence-electron chi connectivity index (χ1n) is 6.12. The molecule has 1 unspecified atom stereocenters. The van der Waals surface area contributed by atoms with Crippen molar-refractivity contribution in [3.8, 4) is 0 Å². The fourth-order valence-corrected chi connectivity index (χ4v) is 3.22. The highest BCUT2D eigenvalue weighted by Gasteiger charge is 2.11. The lowest BCUT2D eigenvalue weighted by Crippen LogP contribution is -2.18. The summed E-state index contributed by atoms with van der Waals surface area (Å²) in [6.07, 6.45) is 0.679. The van der Waals surface area contributed by atoms with Crippen molar-refractivity contribution < 1.29 is 8.78 Å². The topological polar surface area (TPSA) is 26.0 Å². The van der Waals surface area contributed by atoms with Gasteiger partial charge in [-0.05, 0) is 55.3 Å². The van der Waals surface area contributed by atoms with Gasteiger partial charge in [0, 0.05) is 15.4 Å². The van der Waals surface area contributed by atoms with E-state index in [0.717, 1.165) is 27.1 Å². The number of hydrogen-bond donors (Lipinski definition) is 1. The maximum absolute atomic E-state index is 13.7. The van der Waals surface area contributed by atoms with Gasteiger partial charge in [0.1, 0.15) is 11.6 Å². The predicted molar refractivity (Wildman–Crippen MR) is 82.0 cm³/mol. The maximum atomic E-state index is 13.7. The van der Waals surface area contributed by atoms with E-state index >= 15 is 0 Å². The summed E-state index contributed by atoms with van der Waals surface area (Å²) in [4.78, 5) is 1.16. The minimum absolute atomic E-state index is 0.000932. The Balaban J connectivity index is 2.35. The Morgan fingerprint density at radius 3 is 2.60 bits per heavy atom. The molecular weight excluding hydrogens is 344 g/mol. The lowest BCUT2D eigenvalue weighted by atomic mass is 10.1. The molecule has 0 aromatic heterocycles. The van der Waals surface area contributed by atoms with Crippen LogP contribution >= 0.6 is 27.7 Å². The summed E-state index contributed by atoms with van der Waals surface area (Å²) in [5.41, 5.74) is 6.85. The van der Waals surface area contributed by atoms with Gasteiger partial charge < -0.3 is 5.73 Å². The van der Waals surface area contributed by atoms with Crippen LogP contribution in [0, 0.1) is 11.6 Å². The lowest BCUT2D eigenvalue weighted by molar-refractivity contribution is 0.577. The van der Waals surface area contributed by atoms with E-state index in [1.165, 1.54) is 17.8 Å². The van der Waals surface area contributed by atoms with Gasteiger partial charge in [-0.25, -0.2) is 8.78 Å². The fraction of sp³-hybridized carbons (Fsp3) is 0.200. The van der Waals surface area contributed by atoms with Crippen molar-refractivity contribution in [3.63, 3.8) is 0 Å². The molecule has 0 aliphatic rings. The third-order valence-electron chi connectivity index (χ3n) is 2.68. The van der Waals surface area contributed by atoms with Crippen molar-refractivity contribution in [1.82, 2.24) is 0 Å². The van der Waals surface area contributed by atoms with Gasteiger partial charge in [0.2, 0.25) is 0 Å². The Bertz CT molecular complexity index is 617. The average molecular weight is 358 g/mol. The van der Waals surface area contributed by atoms with Crippen molar-refractivity contribution in [2.75, 3.05) is 0 Å². The summed E-state index contributed by atoms with van der Waals surface area (Å²) in [5.74, 6) is -0.870. The van der Waals surface area contributed by atoms with Crippen LogP contribution in [-0.4, -0.2) is 6.04 Å². The molecule has 0 aliphatic carbocycles. The molecule has 20 heavy (non-hydrogen) atoms. The molecule has 0 heterocycles. The third-order valence-corrected chi connectivity index (χ3v) is 4.32. The molecule has 106 valence electrons. The van der Waals surface area contributed by atoms with Gasteiger partial charge >= 0.3 is 0 Å². The molecule has 0 radical (unpaired) electrons. The average Bonchev–Trinajstić information content (AvgIpc) is 2.36. The van der Waals surface area contributed by atoms with Crippen molar-refractivity contribution in [1.29, 1.82) is 0 Å². The smallest absolute Gasteiger partial charge is 0.137 e. The van der Waals surface area contributed by atoms with E-state index in [4.69, 9.17) is 5.73 Å². The van der Waals surface area contributed by atoms with Gasteiger partial charge in [-0.1, -0.05) is 27.7 Å². The van der Waals surface area contributed by atoms with E-state index in [2.05, 4.69) is 15.9 Å². The van der Waals surface area contributed by atoms with Crippen molar-refractivity contribution in [2.24, 2.45) is 5.73 Å². The summed E-state index contributed by atoms with van der Waals surface area (Å²) in [7, 11) is 0. The van der Waals surface area contributed by atoms with E-state index in [-0.39, 0.29) is 10.9 Å². The zero-order chi connectivity index (χ0) is 14.7. The van der Waals surface area contributed by atoms with Crippen LogP contribution in [0.2, 0.25) is 0 Å². The molecule has 0 amide bonds. The second-order valence-corrected chi connectivity index (χ2v) is 6.61. The highest BCUT2D eigenvalue weighted by Crippen LogP contribution is 2.34. The number of hydrogen-bond acceptors (Lipinski definition) is 2. The molecule has 0 bridgehead atoms. The highest BCUT2D eigenvalue weighted by atomic mass is 79.9. The van der Waals surface area contributed by atoms with Crippen molar-refractivity contribution >= 4 is 27.7 Å². The summed E-state index contributed by atoms with van der Waals surface area (Å²) in [6, 6.07) is 9.19. The zero-order valence-electron chi connectivity index (χ0n) is 10.9. The molecule has 1 atom stereocenters. The van der Waals surface area contributed by atoms with Crippen LogP contribution in [0.1, 0.15) is 12.5 Å². The maximum Gasteiger partial charge on any atom is 0.137 e. The van der Waals surface area contributed by atoms with Crippen LogP contribution in [0.3, 0.4) is 0 Å². The quantitative estimate of drug-likeness (QED) is 0.852. The second kappa shape index (κ2) is 6.70. The Morgan fingerprint density at radius 2 is 1.90 bits per heavy atom. The van der Waals surface area contributed by atoms with Gasteiger partial charge in [0.25, 0.3) is 0 Å². The van der Waals surface area contributed by atoms with Gasteiger partial charge in [0.15, 0.2) is 0 Å². The van der Waals surface area contributed by atoms with Crippen LogP contribution < -0.4 is 5.73 Å². The predicted octanol–water partition coefficient (Wildman–Crippen LogP) is 4.77. The highest BCUT2D eigenvalue weighted by molar-refractivity contribution is 9.10. The number of benzene rings is 2. The lowest BCUT2D eigenvalue weighted by Gasteiger charge is -2.12. The fourth-order valence-electron chi connectivity index (χ4n) is 1.83. The van der Waals surface area contributed by atoms with Crippen LogP contribution in [0.5, 0.6) is 0 Å². The minimum Gasteiger partial charge on any atom is -0.328 e. The van der Waals surface area contributed by atoms with Gasteiger partial charge in [-0.2, -0.15) is 0 Å². The van der Waals surface area contributed by atoms with Gasteiger partial charge in [-0.3, -0.25) is 0 Å². The standard InChI is InChI=1S/C15H14BrF2NS/c1-9(19)6-10-7-11(16)2-5-14(10)20-15-8-12(17)3-4-13(15)18/h2-5,7-9H,6,19H2,1H3. The normalized spacial score (nSPS) is 12.4. The third kappa shape index (κ3) is 4.04. The summed E-state index contributed by atoms with van der Waals surface area (Å²) in [6.45, 7) is 1.91. The summed E-state index contributed by atoms with van der Waals surface area (Å²) in [5, 5.41) is 0. The Hall–Kier alpha value is -0.910. The summed E-state index contributed by atoms with van der Waals surface area (Å²) < 4.78 is 27.9. The molecule has 2 aromatic carbocycles. The van der Waals surface area contributed by atoms with Crippen LogP contribution in [0.15, 0.2) is 50.7 Å². The Kier molecular flexibility index (Phi) is 5.18. The number of rotatable bonds is 4. The molecule has 2 aromatic rings. The van der Waals surface area contributed by atoms with E-state index in [1.54, 1.807) is 0 Å². The second-order valence-electron chi connectivity index (χ2n) is 4.61. The molecule has 0 aliphatic heterocycles. The molecule has 2 rings (SSSR count). The largest absolute Gasteiger partial charge is 0.328 e. The van der Waals surface area contributed by atoms with Gasteiger partial charge in [-0.15, -0.1) is 0 Å². The van der Waals surface area contributed by atoms with E-state index in [0.29, 0.717) is 6.42 Å².